The molecule has 3 heterocycles. The fourth-order valence-electron chi connectivity index (χ4n) is 7.58. The average molecular weight is 389 g/mol. The van der Waals surface area contributed by atoms with Crippen molar-refractivity contribution in [2.45, 2.75) is 68.7 Å². The third-order valence-corrected chi connectivity index (χ3v) is 8.72. The number of aliphatic hydroxyl groups is 1. The van der Waals surface area contributed by atoms with Crippen molar-refractivity contribution in [2.75, 3.05) is 27.3 Å². The third-order valence-electron chi connectivity index (χ3n) is 8.72. The first-order valence-corrected chi connectivity index (χ1v) is 10.8. The maximum absolute atomic E-state index is 12.3. The zero-order valence-corrected chi connectivity index (χ0v) is 17.0. The van der Waals surface area contributed by atoms with Crippen molar-refractivity contribution in [1.29, 1.82) is 0 Å². The van der Waals surface area contributed by atoms with Crippen molar-refractivity contribution in [1.82, 2.24) is 4.90 Å². The van der Waals surface area contributed by atoms with Gasteiger partial charge in [0.25, 0.3) is 0 Å². The highest BCUT2D eigenvalue weighted by atomic mass is 16.7. The number of methoxy groups -OCH3 is 1. The van der Waals surface area contributed by atoms with Gasteiger partial charge in [0, 0.05) is 18.4 Å². The Hall–Kier alpha value is -1.08. The second kappa shape index (κ2) is 5.54. The molecule has 5 fully saturated rings. The molecule has 6 aliphatic rings. The summed E-state index contributed by atoms with van der Waals surface area (Å²) in [7, 11) is 3.86. The molecule has 6 nitrogen and oxygen atoms in total. The van der Waals surface area contributed by atoms with E-state index < -0.39 is 16.8 Å². The van der Waals surface area contributed by atoms with Gasteiger partial charge in [0.05, 0.1) is 30.8 Å². The maximum atomic E-state index is 12.3. The van der Waals surface area contributed by atoms with Gasteiger partial charge in [-0.2, -0.15) is 0 Å². The molecule has 8 atom stereocenters. The number of hydrogen-bond donors (Lipinski definition) is 1. The van der Waals surface area contributed by atoms with Gasteiger partial charge in [0.15, 0.2) is 11.9 Å². The van der Waals surface area contributed by atoms with Crippen molar-refractivity contribution in [3.63, 3.8) is 0 Å². The van der Waals surface area contributed by atoms with Crippen LogP contribution in [0.2, 0.25) is 0 Å². The summed E-state index contributed by atoms with van der Waals surface area (Å²) in [6, 6.07) is 0.139. The molecule has 6 rings (SSSR count). The zero-order chi connectivity index (χ0) is 19.3. The highest BCUT2D eigenvalue weighted by molar-refractivity contribution is 5.39. The lowest BCUT2D eigenvalue weighted by Crippen LogP contribution is -2.79. The molecule has 28 heavy (non-hydrogen) atoms. The van der Waals surface area contributed by atoms with Gasteiger partial charge in [0.2, 0.25) is 5.79 Å². The first kappa shape index (κ1) is 17.8. The maximum Gasteiger partial charge on any atom is 0.206 e. The van der Waals surface area contributed by atoms with E-state index in [9.17, 15) is 5.11 Å². The molecular formula is C22H31NO5. The molecule has 0 amide bonds. The average Bonchev–Trinajstić information content (AvgIpc) is 3.04. The van der Waals surface area contributed by atoms with E-state index in [2.05, 4.69) is 31.0 Å². The standard InChI is InChI=1S/C22H31NO5/c1-13-6-11-26-22(28-13)8-7-21(24)16-12-14-4-5-15(25-3)18-17(14)20(21,19(22)27-18)9-10-23(16)2/h4-5,13-14,16-17,19,24H,6-12H2,1-3H3/t13-,14?,16+,17?,19+,20-,21?,22+/m0/s1. The molecule has 0 radical (unpaired) electrons. The minimum Gasteiger partial charge on any atom is -0.493 e. The summed E-state index contributed by atoms with van der Waals surface area (Å²) in [5.74, 6) is 1.42. The van der Waals surface area contributed by atoms with Crippen LogP contribution in [0.1, 0.15) is 39.0 Å². The SMILES string of the molecule is COC1=C2O[C@H]3[C@]4(CCC5(O)[C@H]6CC(C=C1)C2[C@@]35CCN6C)OCC[C@H](C)O4. The van der Waals surface area contributed by atoms with Crippen LogP contribution < -0.4 is 0 Å². The van der Waals surface area contributed by atoms with Gasteiger partial charge in [0.1, 0.15) is 5.76 Å². The second-order valence-corrected chi connectivity index (χ2v) is 9.76. The van der Waals surface area contributed by atoms with Gasteiger partial charge < -0.3 is 29.0 Å². The van der Waals surface area contributed by atoms with Crippen molar-refractivity contribution >= 4 is 0 Å². The Morgan fingerprint density at radius 2 is 2.14 bits per heavy atom. The van der Waals surface area contributed by atoms with Gasteiger partial charge in [-0.05, 0) is 58.2 Å². The van der Waals surface area contributed by atoms with Crippen LogP contribution in [-0.2, 0) is 18.9 Å². The quantitative estimate of drug-likeness (QED) is 0.742. The molecule has 3 saturated heterocycles. The van der Waals surface area contributed by atoms with Crippen LogP contribution in [0.3, 0.4) is 0 Å². The number of likely N-dealkylation sites (tertiary alicyclic amines) is 1. The number of nitrogens with zero attached hydrogens (tertiary/aromatic N) is 1. The number of rotatable bonds is 1. The molecule has 154 valence electrons. The Balaban J connectivity index is 1.56. The van der Waals surface area contributed by atoms with Gasteiger partial charge in [-0.25, -0.2) is 0 Å². The lowest BCUT2D eigenvalue weighted by Gasteiger charge is -2.68. The summed E-state index contributed by atoms with van der Waals surface area (Å²) < 4.78 is 25.3. The van der Waals surface area contributed by atoms with Crippen molar-refractivity contribution < 1.29 is 24.1 Å². The van der Waals surface area contributed by atoms with Gasteiger partial charge in [-0.3, -0.25) is 0 Å². The smallest absolute Gasteiger partial charge is 0.206 e. The van der Waals surface area contributed by atoms with Crippen LogP contribution in [0.5, 0.6) is 0 Å². The normalized spacial score (nSPS) is 54.5. The van der Waals surface area contributed by atoms with Gasteiger partial charge in [-0.1, -0.05) is 6.08 Å². The fraction of sp³-hybridized carbons (Fsp3) is 0.818. The predicted molar refractivity (Wildman–Crippen MR) is 101 cm³/mol. The Morgan fingerprint density at radius 3 is 2.93 bits per heavy atom. The van der Waals surface area contributed by atoms with E-state index in [-0.39, 0.29) is 24.2 Å². The molecule has 2 saturated carbocycles. The molecule has 2 spiro atoms. The summed E-state index contributed by atoms with van der Waals surface area (Å²) in [6.45, 7) is 3.76. The molecule has 0 aromatic heterocycles. The Bertz CT molecular complexity index is 766. The minimum atomic E-state index is -0.795. The highest BCUT2D eigenvalue weighted by Crippen LogP contribution is 2.72. The Labute approximate surface area is 166 Å². The van der Waals surface area contributed by atoms with Crippen LogP contribution in [-0.4, -0.2) is 67.0 Å². The molecule has 0 aromatic rings. The Kier molecular flexibility index (Phi) is 3.51. The lowest BCUT2D eigenvalue weighted by molar-refractivity contribution is -0.385. The van der Waals surface area contributed by atoms with Crippen LogP contribution in [0.15, 0.2) is 23.7 Å². The molecule has 2 bridgehead atoms. The van der Waals surface area contributed by atoms with E-state index in [0.717, 1.165) is 37.3 Å². The molecule has 0 aromatic carbocycles. The molecule has 3 unspecified atom stereocenters. The monoisotopic (exact) mass is 389 g/mol. The van der Waals surface area contributed by atoms with E-state index in [4.69, 9.17) is 18.9 Å². The van der Waals surface area contributed by atoms with Crippen LogP contribution in [0.25, 0.3) is 0 Å². The molecule has 6 heteroatoms. The summed E-state index contributed by atoms with van der Waals surface area (Å²) in [6.07, 6.45) is 8.28. The van der Waals surface area contributed by atoms with Gasteiger partial charge >= 0.3 is 0 Å². The predicted octanol–water partition coefficient (Wildman–Crippen LogP) is 2.19. The summed E-state index contributed by atoms with van der Waals surface area (Å²) in [5, 5.41) is 12.3. The van der Waals surface area contributed by atoms with Crippen LogP contribution in [0.4, 0.5) is 0 Å². The van der Waals surface area contributed by atoms with Crippen LogP contribution >= 0.6 is 0 Å². The topological polar surface area (TPSA) is 60.4 Å². The van der Waals surface area contributed by atoms with E-state index >= 15 is 0 Å². The van der Waals surface area contributed by atoms with E-state index in [1.165, 1.54) is 0 Å². The highest BCUT2D eigenvalue weighted by Gasteiger charge is 2.80. The Morgan fingerprint density at radius 1 is 1.29 bits per heavy atom. The molecule has 3 aliphatic heterocycles. The number of likely N-dealkylation sites (N-methyl/N-ethyl adjacent to an activating group) is 1. The van der Waals surface area contributed by atoms with Gasteiger partial charge in [-0.15, -0.1) is 0 Å². The number of hydrogen-bond acceptors (Lipinski definition) is 6. The number of allylic oxidation sites excluding steroid dienone is 3. The van der Waals surface area contributed by atoms with Crippen molar-refractivity contribution in [3.05, 3.63) is 23.7 Å². The van der Waals surface area contributed by atoms with E-state index in [1.54, 1.807) is 7.11 Å². The number of fused-ring (bicyclic) bond motifs is 1. The molecular weight excluding hydrogens is 358 g/mol. The second-order valence-electron chi connectivity index (χ2n) is 9.76. The largest absolute Gasteiger partial charge is 0.493 e. The van der Waals surface area contributed by atoms with E-state index in [0.29, 0.717) is 25.4 Å². The minimum absolute atomic E-state index is 0.133. The molecule has 1 N–H and O–H groups in total. The lowest BCUT2D eigenvalue weighted by atomic mass is 9.43. The summed E-state index contributed by atoms with van der Waals surface area (Å²) >= 11 is 0. The summed E-state index contributed by atoms with van der Waals surface area (Å²) in [5.41, 5.74) is -1.19. The first-order chi connectivity index (χ1) is 13.5. The zero-order valence-electron chi connectivity index (χ0n) is 17.0. The number of ether oxygens (including phenoxy) is 4. The fourth-order valence-corrected chi connectivity index (χ4v) is 7.58. The third kappa shape index (κ3) is 1.84. The number of piperidine rings is 1. The van der Waals surface area contributed by atoms with Crippen molar-refractivity contribution in [2.24, 2.45) is 17.3 Å². The first-order valence-electron chi connectivity index (χ1n) is 10.8. The summed E-state index contributed by atoms with van der Waals surface area (Å²) in [4.78, 5) is 2.36. The van der Waals surface area contributed by atoms with Crippen molar-refractivity contribution in [3.8, 4) is 0 Å². The van der Waals surface area contributed by atoms with Crippen LogP contribution in [0, 0.1) is 17.3 Å². The molecule has 3 aliphatic carbocycles. The van der Waals surface area contributed by atoms with E-state index in [1.807, 2.05) is 0 Å².